The molecule has 2 N–H and O–H groups in total. The second-order valence-corrected chi connectivity index (χ2v) is 12.3. The minimum Gasteiger partial charge on any atom is -0.307 e. The summed E-state index contributed by atoms with van der Waals surface area (Å²) in [7, 11) is 0. The minimum absolute atomic E-state index is 0.00326. The quantitative estimate of drug-likeness (QED) is 0.489. The molecule has 0 atom stereocenters. The molecule has 0 aromatic carbocycles. The van der Waals surface area contributed by atoms with Crippen LogP contribution in [0.4, 0.5) is 0 Å². The molecule has 0 unspecified atom stereocenters. The summed E-state index contributed by atoms with van der Waals surface area (Å²) in [4.78, 5) is 24.0. The molecule has 0 aromatic rings. The molecular weight excluding hydrogens is 348 g/mol. The number of unbranched alkanes of at least 4 members (excludes halogenated alkanes) is 1. The lowest BCUT2D eigenvalue weighted by Gasteiger charge is -2.57. The van der Waals surface area contributed by atoms with Crippen LogP contribution in [-0.4, -0.2) is 34.7 Å². The first kappa shape index (κ1) is 23.5. The van der Waals surface area contributed by atoms with E-state index >= 15 is 0 Å². The normalized spacial score (nSPS) is 27.3. The van der Waals surface area contributed by atoms with Crippen molar-refractivity contribution in [2.45, 2.75) is 122 Å². The zero-order valence-electron chi connectivity index (χ0n) is 19.6. The third kappa shape index (κ3) is 5.44. The molecular formula is C24H44N2O2. The number of nitrogens with one attached hydrogen (secondary N) is 2. The van der Waals surface area contributed by atoms with Gasteiger partial charge in [0.25, 0.3) is 0 Å². The molecule has 0 aromatic heterocycles. The highest BCUT2D eigenvalue weighted by Crippen LogP contribution is 2.53. The van der Waals surface area contributed by atoms with E-state index in [1.807, 2.05) is 0 Å². The first-order valence-electron chi connectivity index (χ1n) is 11.1. The Labute approximate surface area is 173 Å². The van der Waals surface area contributed by atoms with E-state index in [2.05, 4.69) is 66.0 Å². The monoisotopic (exact) mass is 392 g/mol. The van der Waals surface area contributed by atoms with Gasteiger partial charge in [0, 0.05) is 34.0 Å². The minimum atomic E-state index is -0.365. The number of carbonyl (C=O) groups is 2. The molecule has 28 heavy (non-hydrogen) atoms. The largest absolute Gasteiger partial charge is 0.307 e. The Morgan fingerprint density at radius 2 is 1.11 bits per heavy atom. The van der Waals surface area contributed by atoms with Crippen LogP contribution in [0.2, 0.25) is 0 Å². The second kappa shape index (κ2) is 7.83. The van der Waals surface area contributed by atoms with E-state index in [0.29, 0.717) is 18.3 Å². The first-order chi connectivity index (χ1) is 12.7. The van der Waals surface area contributed by atoms with Crippen molar-refractivity contribution in [1.82, 2.24) is 10.6 Å². The summed E-state index contributed by atoms with van der Waals surface area (Å²) < 4.78 is 0. The van der Waals surface area contributed by atoms with Crippen LogP contribution in [0, 0.1) is 17.3 Å². The van der Waals surface area contributed by atoms with E-state index in [-0.39, 0.29) is 27.6 Å². The molecule has 2 rings (SSSR count). The van der Waals surface area contributed by atoms with E-state index in [1.54, 1.807) is 0 Å². The van der Waals surface area contributed by atoms with E-state index in [1.165, 1.54) is 6.29 Å². The van der Waals surface area contributed by atoms with Crippen LogP contribution in [0.3, 0.4) is 0 Å². The fraction of sp³-hybridized carbons (Fsp3) is 0.917. The molecule has 0 radical (unpaired) electrons. The van der Waals surface area contributed by atoms with E-state index in [4.69, 9.17) is 0 Å². The number of aldehydes is 2. The maximum atomic E-state index is 12.9. The summed E-state index contributed by atoms with van der Waals surface area (Å²) >= 11 is 0. The lowest BCUT2D eigenvalue weighted by Crippen LogP contribution is -2.64. The number of carbonyl (C=O) groups excluding carboxylic acids is 2. The Balaban J connectivity index is 2.47. The van der Waals surface area contributed by atoms with E-state index in [9.17, 15) is 9.59 Å². The van der Waals surface area contributed by atoms with Crippen molar-refractivity contribution in [1.29, 1.82) is 0 Å². The van der Waals surface area contributed by atoms with E-state index in [0.717, 1.165) is 44.8 Å². The fourth-order valence-electron chi connectivity index (χ4n) is 6.89. The maximum absolute atomic E-state index is 12.9. The van der Waals surface area contributed by atoms with Crippen molar-refractivity contribution < 1.29 is 9.59 Å². The molecule has 2 saturated heterocycles. The SMILES string of the molecule is CC1(C)CC(C(C=O)(CCCC=O)C2CC(C)(C)NC(C)(C)C2)CC(C)(C)N1. The zero-order valence-corrected chi connectivity index (χ0v) is 19.6. The van der Waals surface area contributed by atoms with Crippen LogP contribution < -0.4 is 10.6 Å². The third-order valence-corrected chi connectivity index (χ3v) is 7.05. The van der Waals surface area contributed by atoms with Crippen LogP contribution >= 0.6 is 0 Å². The molecule has 0 amide bonds. The van der Waals surface area contributed by atoms with Crippen LogP contribution in [-0.2, 0) is 9.59 Å². The average molecular weight is 393 g/mol. The molecule has 0 spiro atoms. The van der Waals surface area contributed by atoms with Crippen LogP contribution in [0.25, 0.3) is 0 Å². The maximum Gasteiger partial charge on any atom is 0.126 e. The molecule has 0 aliphatic carbocycles. The van der Waals surface area contributed by atoms with Crippen molar-refractivity contribution in [2.75, 3.05) is 0 Å². The molecule has 0 saturated carbocycles. The highest BCUT2D eigenvalue weighted by atomic mass is 16.1. The molecule has 2 heterocycles. The highest BCUT2D eigenvalue weighted by molar-refractivity contribution is 5.61. The van der Waals surface area contributed by atoms with Gasteiger partial charge in [-0.15, -0.1) is 0 Å². The smallest absolute Gasteiger partial charge is 0.126 e. The summed E-state index contributed by atoms with van der Waals surface area (Å²) in [5.74, 6) is 0.662. The van der Waals surface area contributed by atoms with Crippen LogP contribution in [0.5, 0.6) is 0 Å². The van der Waals surface area contributed by atoms with Gasteiger partial charge >= 0.3 is 0 Å². The summed E-state index contributed by atoms with van der Waals surface area (Å²) in [6, 6.07) is 0. The van der Waals surface area contributed by atoms with Gasteiger partial charge in [-0.05, 0) is 106 Å². The van der Waals surface area contributed by atoms with Crippen molar-refractivity contribution in [3.63, 3.8) is 0 Å². The summed E-state index contributed by atoms with van der Waals surface area (Å²) in [5.41, 5.74) is -0.352. The second-order valence-electron chi connectivity index (χ2n) is 12.3. The first-order valence-corrected chi connectivity index (χ1v) is 11.1. The zero-order chi connectivity index (χ0) is 21.4. The van der Waals surface area contributed by atoms with Gasteiger partial charge in [-0.25, -0.2) is 0 Å². The molecule has 162 valence electrons. The Morgan fingerprint density at radius 3 is 1.39 bits per heavy atom. The number of hydrogen-bond donors (Lipinski definition) is 2. The molecule has 2 fully saturated rings. The van der Waals surface area contributed by atoms with Crippen molar-refractivity contribution in [3.8, 4) is 0 Å². The van der Waals surface area contributed by atoms with E-state index < -0.39 is 0 Å². The summed E-state index contributed by atoms with van der Waals surface area (Å²) in [6.07, 6.45) is 8.49. The topological polar surface area (TPSA) is 58.2 Å². The summed E-state index contributed by atoms with van der Waals surface area (Å²) in [5, 5.41) is 7.55. The van der Waals surface area contributed by atoms with Gasteiger partial charge in [0.2, 0.25) is 0 Å². The van der Waals surface area contributed by atoms with Gasteiger partial charge in [-0.2, -0.15) is 0 Å². The Hall–Kier alpha value is -0.740. The number of piperidine rings is 2. The van der Waals surface area contributed by atoms with Crippen LogP contribution in [0.1, 0.15) is 100 Å². The molecule has 2 aliphatic rings. The summed E-state index contributed by atoms with van der Waals surface area (Å²) in [6.45, 7) is 18.1. The fourth-order valence-corrected chi connectivity index (χ4v) is 6.89. The Kier molecular flexibility index (Phi) is 6.58. The van der Waals surface area contributed by atoms with Gasteiger partial charge < -0.3 is 20.2 Å². The Morgan fingerprint density at radius 1 is 0.750 bits per heavy atom. The molecule has 4 heteroatoms. The average Bonchev–Trinajstić information content (AvgIpc) is 2.45. The Bertz CT molecular complexity index is 507. The highest BCUT2D eigenvalue weighted by Gasteiger charge is 2.54. The van der Waals surface area contributed by atoms with Crippen LogP contribution in [0.15, 0.2) is 0 Å². The standard InChI is InChI=1S/C24H44N2O2/c1-20(2)13-18(14-21(3,4)25-20)24(17-28,11-9-10-12-27)19-15-22(5,6)26-23(7,8)16-19/h12,17-19,25-26H,9-11,13-16H2,1-8H3. The van der Waals surface area contributed by atoms with Gasteiger partial charge in [0.05, 0.1) is 0 Å². The van der Waals surface area contributed by atoms with Crippen molar-refractivity contribution in [2.24, 2.45) is 17.3 Å². The van der Waals surface area contributed by atoms with Crippen molar-refractivity contribution in [3.05, 3.63) is 0 Å². The molecule has 0 bridgehead atoms. The number of hydrogen-bond acceptors (Lipinski definition) is 4. The van der Waals surface area contributed by atoms with Crippen molar-refractivity contribution >= 4 is 12.6 Å². The van der Waals surface area contributed by atoms with Gasteiger partial charge in [0.1, 0.15) is 12.6 Å². The predicted octanol–water partition coefficient (Wildman–Crippen LogP) is 4.65. The third-order valence-electron chi connectivity index (χ3n) is 7.05. The lowest BCUT2D eigenvalue weighted by molar-refractivity contribution is -0.131. The predicted molar refractivity (Wildman–Crippen MR) is 116 cm³/mol. The lowest BCUT2D eigenvalue weighted by atomic mass is 9.53. The molecule has 2 aliphatic heterocycles. The van der Waals surface area contributed by atoms with Gasteiger partial charge in [-0.3, -0.25) is 0 Å². The molecule has 4 nitrogen and oxygen atoms in total. The van der Waals surface area contributed by atoms with Gasteiger partial charge in [0.15, 0.2) is 0 Å². The van der Waals surface area contributed by atoms with Gasteiger partial charge in [-0.1, -0.05) is 0 Å². The number of rotatable bonds is 7.